The molecule has 0 aliphatic heterocycles. The number of anilines is 1. The highest BCUT2D eigenvalue weighted by atomic mass is 19.2. The van der Waals surface area contributed by atoms with E-state index in [-0.39, 0.29) is 18.0 Å². The zero-order chi connectivity index (χ0) is 17.7. The third-order valence-corrected chi connectivity index (χ3v) is 3.44. The Kier molecular flexibility index (Phi) is 5.73. The van der Waals surface area contributed by atoms with Crippen LogP contribution in [0, 0.1) is 11.6 Å². The first kappa shape index (κ1) is 17.7. The van der Waals surface area contributed by atoms with Gasteiger partial charge in [0.25, 0.3) is 5.91 Å². The summed E-state index contributed by atoms with van der Waals surface area (Å²) in [4.78, 5) is 13.5. The summed E-state index contributed by atoms with van der Waals surface area (Å²) in [7, 11) is 3.34. The van der Waals surface area contributed by atoms with Gasteiger partial charge in [0.2, 0.25) is 0 Å². The van der Waals surface area contributed by atoms with Crippen molar-refractivity contribution >= 4 is 11.6 Å². The number of carbonyl (C=O) groups excluding carboxylic acids is 1. The summed E-state index contributed by atoms with van der Waals surface area (Å²) in [6, 6.07) is 9.03. The lowest BCUT2D eigenvalue weighted by molar-refractivity contribution is 0.0827. The van der Waals surface area contributed by atoms with Crippen molar-refractivity contribution in [2.24, 2.45) is 0 Å². The van der Waals surface area contributed by atoms with Gasteiger partial charge in [0.05, 0.1) is 12.3 Å². The van der Waals surface area contributed by atoms with Crippen molar-refractivity contribution in [1.82, 2.24) is 4.90 Å². The zero-order valence-electron chi connectivity index (χ0n) is 13.9. The second-order valence-corrected chi connectivity index (χ2v) is 5.41. The summed E-state index contributed by atoms with van der Waals surface area (Å²) >= 11 is 0. The van der Waals surface area contributed by atoms with E-state index in [9.17, 15) is 13.6 Å². The van der Waals surface area contributed by atoms with Crippen LogP contribution in [0.1, 0.15) is 22.8 Å². The van der Waals surface area contributed by atoms with Crippen LogP contribution < -0.4 is 10.1 Å². The first-order chi connectivity index (χ1) is 11.4. The van der Waals surface area contributed by atoms with Crippen molar-refractivity contribution in [1.29, 1.82) is 0 Å². The number of ether oxygens (including phenoxy) is 1. The Labute approximate surface area is 140 Å². The quantitative estimate of drug-likeness (QED) is 0.876. The molecule has 0 saturated heterocycles. The molecule has 0 aliphatic carbocycles. The summed E-state index contributed by atoms with van der Waals surface area (Å²) in [6.07, 6.45) is 0. The normalized spacial score (nSPS) is 10.4. The minimum atomic E-state index is -0.883. The minimum absolute atomic E-state index is 0.102. The van der Waals surface area contributed by atoms with Gasteiger partial charge in [-0.25, -0.2) is 8.78 Å². The zero-order valence-corrected chi connectivity index (χ0v) is 13.9. The van der Waals surface area contributed by atoms with E-state index in [1.165, 1.54) is 17.0 Å². The van der Waals surface area contributed by atoms with Crippen molar-refractivity contribution in [3.05, 3.63) is 59.2 Å². The Hall–Kier alpha value is -2.63. The number of amides is 1. The molecule has 4 nitrogen and oxygen atoms in total. The van der Waals surface area contributed by atoms with Crippen LogP contribution in [0.25, 0.3) is 0 Å². The highest BCUT2D eigenvalue weighted by Crippen LogP contribution is 2.27. The Morgan fingerprint density at radius 1 is 1.21 bits per heavy atom. The van der Waals surface area contributed by atoms with Gasteiger partial charge in [0.15, 0.2) is 11.6 Å². The van der Waals surface area contributed by atoms with Crippen LogP contribution in [0.3, 0.4) is 0 Å². The topological polar surface area (TPSA) is 41.6 Å². The van der Waals surface area contributed by atoms with Gasteiger partial charge in [-0.05, 0) is 31.2 Å². The summed E-state index contributed by atoms with van der Waals surface area (Å²) in [5.74, 6) is -1.41. The lowest BCUT2D eigenvalue weighted by Gasteiger charge is -2.16. The van der Waals surface area contributed by atoms with Crippen LogP contribution in [0.15, 0.2) is 36.4 Å². The molecule has 24 heavy (non-hydrogen) atoms. The second kappa shape index (κ2) is 7.77. The Morgan fingerprint density at radius 2 is 1.96 bits per heavy atom. The fourth-order valence-electron chi connectivity index (χ4n) is 2.21. The molecule has 2 rings (SSSR count). The molecule has 2 aromatic rings. The SMILES string of the molecule is CCOc1cc(C(=O)N(C)C)ccc1NCc1cccc(F)c1F. The molecule has 128 valence electrons. The number of hydrogen-bond acceptors (Lipinski definition) is 3. The molecule has 0 aliphatic rings. The molecule has 2 aromatic carbocycles. The van der Waals surface area contributed by atoms with E-state index in [1.807, 2.05) is 6.92 Å². The predicted molar refractivity (Wildman–Crippen MR) is 89.3 cm³/mol. The van der Waals surface area contributed by atoms with E-state index in [0.717, 1.165) is 6.07 Å². The Morgan fingerprint density at radius 3 is 2.62 bits per heavy atom. The monoisotopic (exact) mass is 334 g/mol. The van der Waals surface area contributed by atoms with E-state index in [4.69, 9.17) is 4.74 Å². The molecular weight excluding hydrogens is 314 g/mol. The van der Waals surface area contributed by atoms with E-state index < -0.39 is 11.6 Å². The highest BCUT2D eigenvalue weighted by molar-refractivity contribution is 5.95. The summed E-state index contributed by atoms with van der Waals surface area (Å²) in [5.41, 5.74) is 1.31. The molecule has 6 heteroatoms. The molecule has 0 spiro atoms. The summed E-state index contributed by atoms with van der Waals surface area (Å²) < 4.78 is 32.5. The maximum Gasteiger partial charge on any atom is 0.253 e. The number of nitrogens with zero attached hydrogens (tertiary/aromatic N) is 1. The van der Waals surface area contributed by atoms with E-state index in [2.05, 4.69) is 5.32 Å². The number of nitrogens with one attached hydrogen (secondary N) is 1. The molecule has 0 unspecified atom stereocenters. The van der Waals surface area contributed by atoms with Crippen LogP contribution in [0.5, 0.6) is 5.75 Å². The third kappa shape index (κ3) is 4.01. The van der Waals surface area contributed by atoms with Gasteiger partial charge in [-0.15, -0.1) is 0 Å². The van der Waals surface area contributed by atoms with E-state index >= 15 is 0 Å². The highest BCUT2D eigenvalue weighted by Gasteiger charge is 2.13. The number of carbonyl (C=O) groups is 1. The maximum atomic E-state index is 13.7. The lowest BCUT2D eigenvalue weighted by Crippen LogP contribution is -2.21. The van der Waals surface area contributed by atoms with Crippen LogP contribution in [-0.4, -0.2) is 31.5 Å². The van der Waals surface area contributed by atoms with Crippen LogP contribution in [0.4, 0.5) is 14.5 Å². The average molecular weight is 334 g/mol. The predicted octanol–water partition coefficient (Wildman–Crippen LogP) is 3.68. The van der Waals surface area contributed by atoms with Crippen molar-refractivity contribution in [2.45, 2.75) is 13.5 Å². The molecule has 0 heterocycles. The molecule has 0 radical (unpaired) electrons. The van der Waals surface area contributed by atoms with Gasteiger partial charge in [0.1, 0.15) is 5.75 Å². The van der Waals surface area contributed by atoms with Gasteiger partial charge in [0, 0.05) is 31.8 Å². The second-order valence-electron chi connectivity index (χ2n) is 5.41. The third-order valence-electron chi connectivity index (χ3n) is 3.44. The number of benzene rings is 2. The molecule has 0 atom stereocenters. The van der Waals surface area contributed by atoms with E-state index in [0.29, 0.717) is 23.6 Å². The maximum absolute atomic E-state index is 13.7. The Balaban J connectivity index is 2.23. The Bertz CT molecular complexity index is 733. The van der Waals surface area contributed by atoms with Crippen molar-refractivity contribution in [2.75, 3.05) is 26.0 Å². The summed E-state index contributed by atoms with van der Waals surface area (Å²) in [6.45, 7) is 2.35. The number of hydrogen-bond donors (Lipinski definition) is 1. The van der Waals surface area contributed by atoms with Crippen LogP contribution >= 0.6 is 0 Å². The average Bonchev–Trinajstić information content (AvgIpc) is 2.56. The number of halogens is 2. The molecule has 0 bridgehead atoms. The van der Waals surface area contributed by atoms with E-state index in [1.54, 1.807) is 32.3 Å². The van der Waals surface area contributed by atoms with Gasteiger partial charge in [-0.1, -0.05) is 12.1 Å². The molecule has 1 amide bonds. The van der Waals surface area contributed by atoms with Crippen LogP contribution in [-0.2, 0) is 6.54 Å². The molecular formula is C18H20F2N2O2. The number of rotatable bonds is 6. The fraction of sp³-hybridized carbons (Fsp3) is 0.278. The molecule has 0 fully saturated rings. The molecule has 0 saturated carbocycles. The van der Waals surface area contributed by atoms with Crippen molar-refractivity contribution < 1.29 is 18.3 Å². The standard InChI is InChI=1S/C18H20F2N2O2/c1-4-24-16-10-12(18(23)22(2)3)8-9-15(16)21-11-13-6-5-7-14(19)17(13)20/h5-10,21H,4,11H2,1-3H3. The lowest BCUT2D eigenvalue weighted by atomic mass is 10.1. The van der Waals surface area contributed by atoms with Crippen LogP contribution in [0.2, 0.25) is 0 Å². The van der Waals surface area contributed by atoms with Gasteiger partial charge in [-0.2, -0.15) is 0 Å². The van der Waals surface area contributed by atoms with Gasteiger partial charge in [-0.3, -0.25) is 4.79 Å². The molecule has 0 aromatic heterocycles. The largest absolute Gasteiger partial charge is 0.492 e. The smallest absolute Gasteiger partial charge is 0.253 e. The molecule has 1 N–H and O–H groups in total. The van der Waals surface area contributed by atoms with Crippen molar-refractivity contribution in [3.8, 4) is 5.75 Å². The first-order valence-electron chi connectivity index (χ1n) is 7.59. The fourth-order valence-corrected chi connectivity index (χ4v) is 2.21. The first-order valence-corrected chi connectivity index (χ1v) is 7.59. The minimum Gasteiger partial charge on any atom is -0.492 e. The van der Waals surface area contributed by atoms with Gasteiger partial charge >= 0.3 is 0 Å². The van der Waals surface area contributed by atoms with Gasteiger partial charge < -0.3 is 15.0 Å². The summed E-state index contributed by atoms with van der Waals surface area (Å²) in [5, 5.41) is 3.02. The van der Waals surface area contributed by atoms with Crippen molar-refractivity contribution in [3.63, 3.8) is 0 Å².